The van der Waals surface area contributed by atoms with Crippen molar-refractivity contribution in [3.63, 3.8) is 0 Å². The number of hydrogen-bond donors (Lipinski definition) is 2. The third-order valence-corrected chi connectivity index (χ3v) is 4.33. The summed E-state index contributed by atoms with van der Waals surface area (Å²) in [6.07, 6.45) is 5.41. The molecule has 0 aliphatic carbocycles. The second kappa shape index (κ2) is 7.32. The Hall–Kier alpha value is -2.28. The zero-order chi connectivity index (χ0) is 16.1. The van der Waals surface area contributed by atoms with Crippen LogP contribution in [0.4, 0.5) is 5.69 Å². The number of benzene rings is 1. The van der Waals surface area contributed by atoms with Gasteiger partial charge in [-0.1, -0.05) is 6.07 Å². The lowest BCUT2D eigenvalue weighted by Crippen LogP contribution is -2.28. The lowest BCUT2D eigenvalue weighted by molar-refractivity contribution is -0.116. The van der Waals surface area contributed by atoms with Gasteiger partial charge in [0.2, 0.25) is 5.91 Å². The van der Waals surface area contributed by atoms with E-state index in [1.165, 1.54) is 12.8 Å². The first-order valence-corrected chi connectivity index (χ1v) is 8.07. The van der Waals surface area contributed by atoms with Gasteiger partial charge in [0.1, 0.15) is 6.33 Å². The van der Waals surface area contributed by atoms with Gasteiger partial charge in [-0.2, -0.15) is 0 Å². The van der Waals surface area contributed by atoms with E-state index in [4.69, 9.17) is 0 Å². The predicted octanol–water partition coefficient (Wildman–Crippen LogP) is 1.69. The third kappa shape index (κ3) is 4.13. The van der Waals surface area contributed by atoms with E-state index in [0.717, 1.165) is 36.4 Å². The highest BCUT2D eigenvalue weighted by Crippen LogP contribution is 2.20. The van der Waals surface area contributed by atoms with Crippen LogP contribution in [0.3, 0.4) is 0 Å². The van der Waals surface area contributed by atoms with Crippen LogP contribution in [0.2, 0.25) is 0 Å². The normalized spacial score (nSPS) is 15.5. The van der Waals surface area contributed by atoms with Crippen molar-refractivity contribution in [1.82, 2.24) is 25.5 Å². The van der Waals surface area contributed by atoms with Crippen LogP contribution >= 0.6 is 0 Å². The van der Waals surface area contributed by atoms with E-state index in [-0.39, 0.29) is 5.91 Å². The third-order valence-electron chi connectivity index (χ3n) is 4.33. The Bertz CT molecular complexity index is 649. The summed E-state index contributed by atoms with van der Waals surface area (Å²) in [5.41, 5.74) is 2.69. The fourth-order valence-electron chi connectivity index (χ4n) is 2.93. The number of aromatic nitrogens is 4. The molecule has 1 aliphatic rings. The molecule has 23 heavy (non-hydrogen) atoms. The van der Waals surface area contributed by atoms with Crippen molar-refractivity contribution in [2.75, 3.05) is 18.4 Å². The molecule has 1 aromatic heterocycles. The number of piperidine rings is 1. The maximum Gasteiger partial charge on any atom is 0.224 e. The molecule has 0 atom stereocenters. The number of anilines is 1. The molecule has 7 heteroatoms. The Morgan fingerprint density at radius 2 is 2.22 bits per heavy atom. The smallest absolute Gasteiger partial charge is 0.224 e. The van der Waals surface area contributed by atoms with Crippen molar-refractivity contribution in [1.29, 1.82) is 0 Å². The van der Waals surface area contributed by atoms with Gasteiger partial charge in [0, 0.05) is 12.1 Å². The number of tetrazole rings is 1. The first-order chi connectivity index (χ1) is 11.2. The van der Waals surface area contributed by atoms with E-state index in [1.807, 2.05) is 25.1 Å². The molecule has 0 saturated carbocycles. The topological polar surface area (TPSA) is 84.7 Å². The maximum atomic E-state index is 12.2. The number of hydrogen-bond acceptors (Lipinski definition) is 5. The maximum absolute atomic E-state index is 12.2. The van der Waals surface area contributed by atoms with Crippen LogP contribution in [0.5, 0.6) is 0 Å². The fraction of sp³-hybridized carbons (Fsp3) is 0.500. The molecule has 1 aromatic carbocycles. The number of nitrogens with zero attached hydrogens (tertiary/aromatic N) is 4. The number of carbonyl (C=O) groups excluding carboxylic acids is 1. The molecule has 122 valence electrons. The predicted molar refractivity (Wildman–Crippen MR) is 87.3 cm³/mol. The summed E-state index contributed by atoms with van der Waals surface area (Å²) in [6, 6.07) is 5.76. The van der Waals surface area contributed by atoms with Crippen molar-refractivity contribution in [2.24, 2.45) is 5.92 Å². The molecule has 0 spiro atoms. The average Bonchev–Trinajstić information content (AvgIpc) is 3.10. The van der Waals surface area contributed by atoms with Crippen molar-refractivity contribution >= 4 is 11.6 Å². The highest BCUT2D eigenvalue weighted by atomic mass is 16.1. The first kappa shape index (κ1) is 15.6. The Labute approximate surface area is 135 Å². The number of nitrogens with one attached hydrogen (secondary N) is 2. The molecule has 1 fully saturated rings. The van der Waals surface area contributed by atoms with Gasteiger partial charge < -0.3 is 10.6 Å². The van der Waals surface area contributed by atoms with E-state index in [2.05, 4.69) is 26.2 Å². The van der Waals surface area contributed by atoms with E-state index in [1.54, 1.807) is 11.0 Å². The zero-order valence-electron chi connectivity index (χ0n) is 13.3. The molecule has 2 heterocycles. The molecule has 2 aromatic rings. The van der Waals surface area contributed by atoms with Crippen molar-refractivity contribution in [2.45, 2.75) is 32.6 Å². The minimum Gasteiger partial charge on any atom is -0.326 e. The van der Waals surface area contributed by atoms with Crippen LogP contribution < -0.4 is 10.6 Å². The van der Waals surface area contributed by atoms with Gasteiger partial charge in [-0.15, -0.1) is 5.10 Å². The van der Waals surface area contributed by atoms with Gasteiger partial charge in [0.25, 0.3) is 0 Å². The minimum atomic E-state index is 0.0649. The number of rotatable bonds is 5. The Kier molecular flexibility index (Phi) is 4.97. The minimum absolute atomic E-state index is 0.0649. The summed E-state index contributed by atoms with van der Waals surface area (Å²) < 4.78 is 1.60. The van der Waals surface area contributed by atoms with E-state index >= 15 is 0 Å². The van der Waals surface area contributed by atoms with Gasteiger partial charge in [0.05, 0.1) is 5.69 Å². The highest BCUT2D eigenvalue weighted by molar-refractivity contribution is 5.91. The molecule has 2 N–H and O–H groups in total. The largest absolute Gasteiger partial charge is 0.326 e. The van der Waals surface area contributed by atoms with Crippen LogP contribution in [-0.2, 0) is 4.79 Å². The first-order valence-electron chi connectivity index (χ1n) is 8.07. The quantitative estimate of drug-likeness (QED) is 0.877. The Morgan fingerprint density at radius 1 is 1.39 bits per heavy atom. The van der Waals surface area contributed by atoms with E-state index in [0.29, 0.717) is 12.3 Å². The van der Waals surface area contributed by atoms with Gasteiger partial charge in [-0.25, -0.2) is 4.68 Å². The van der Waals surface area contributed by atoms with Crippen LogP contribution in [-0.4, -0.2) is 39.2 Å². The number of amides is 1. The van der Waals surface area contributed by atoms with E-state index < -0.39 is 0 Å². The zero-order valence-corrected chi connectivity index (χ0v) is 13.3. The summed E-state index contributed by atoms with van der Waals surface area (Å²) in [4.78, 5) is 12.2. The summed E-state index contributed by atoms with van der Waals surface area (Å²) >= 11 is 0. The molecule has 3 rings (SSSR count). The fourth-order valence-corrected chi connectivity index (χ4v) is 2.93. The highest BCUT2D eigenvalue weighted by Gasteiger charge is 2.14. The number of carbonyl (C=O) groups is 1. The Morgan fingerprint density at radius 3 is 2.96 bits per heavy atom. The van der Waals surface area contributed by atoms with Gasteiger partial charge in [0.15, 0.2) is 0 Å². The second-order valence-corrected chi connectivity index (χ2v) is 6.04. The van der Waals surface area contributed by atoms with Gasteiger partial charge >= 0.3 is 0 Å². The van der Waals surface area contributed by atoms with Crippen molar-refractivity contribution < 1.29 is 4.79 Å². The van der Waals surface area contributed by atoms with Crippen LogP contribution in [0, 0.1) is 12.8 Å². The summed E-state index contributed by atoms with van der Waals surface area (Å²) in [7, 11) is 0. The van der Waals surface area contributed by atoms with Crippen LogP contribution in [0.25, 0.3) is 5.69 Å². The molecule has 1 amide bonds. The second-order valence-electron chi connectivity index (χ2n) is 6.04. The molecular weight excluding hydrogens is 292 g/mol. The van der Waals surface area contributed by atoms with Crippen molar-refractivity contribution in [3.8, 4) is 5.69 Å². The summed E-state index contributed by atoms with van der Waals surface area (Å²) in [6.45, 7) is 4.12. The monoisotopic (exact) mass is 314 g/mol. The SMILES string of the molecule is Cc1ccc(NC(=O)CCC2CCNCC2)cc1-n1cnnn1. The molecule has 1 saturated heterocycles. The van der Waals surface area contributed by atoms with Crippen LogP contribution in [0.1, 0.15) is 31.2 Å². The van der Waals surface area contributed by atoms with Crippen LogP contribution in [0.15, 0.2) is 24.5 Å². The van der Waals surface area contributed by atoms with Gasteiger partial charge in [-0.05, 0) is 73.3 Å². The summed E-state index contributed by atoms with van der Waals surface area (Å²) in [5.74, 6) is 0.729. The lowest BCUT2D eigenvalue weighted by Gasteiger charge is -2.22. The average molecular weight is 314 g/mol. The van der Waals surface area contributed by atoms with Crippen molar-refractivity contribution in [3.05, 3.63) is 30.1 Å². The lowest BCUT2D eigenvalue weighted by atomic mass is 9.93. The summed E-state index contributed by atoms with van der Waals surface area (Å²) in [5, 5.41) is 17.5. The molecule has 0 radical (unpaired) electrons. The molecule has 0 unspecified atom stereocenters. The standard InChI is InChI=1S/C16H22N6O/c1-12-2-4-14(10-15(12)22-11-18-20-21-22)19-16(23)5-3-13-6-8-17-9-7-13/h2,4,10-11,13,17H,3,5-9H2,1H3,(H,19,23). The molecule has 7 nitrogen and oxygen atoms in total. The molecule has 0 bridgehead atoms. The number of aryl methyl sites for hydroxylation is 1. The van der Waals surface area contributed by atoms with E-state index in [9.17, 15) is 4.79 Å². The Balaban J connectivity index is 1.59. The van der Waals surface area contributed by atoms with Gasteiger partial charge in [-0.3, -0.25) is 4.79 Å². The molecule has 1 aliphatic heterocycles. The molecular formula is C16H22N6O.